The van der Waals surface area contributed by atoms with E-state index in [1.807, 2.05) is 18.3 Å². The van der Waals surface area contributed by atoms with E-state index in [0.29, 0.717) is 12.0 Å². The molecule has 1 N–H and O–H groups in total. The summed E-state index contributed by atoms with van der Waals surface area (Å²) >= 11 is 0. The Hall–Kier alpha value is -1.87. The van der Waals surface area contributed by atoms with Crippen LogP contribution in [0.2, 0.25) is 0 Å². The average Bonchev–Trinajstić information content (AvgIpc) is 2.63. The molecule has 0 amide bonds. The molecule has 1 aromatic carbocycles. The number of benzene rings is 1. The summed E-state index contributed by atoms with van der Waals surface area (Å²) in [6, 6.07) is 14.5. The van der Waals surface area contributed by atoms with Crippen LogP contribution in [0.3, 0.4) is 0 Å². The van der Waals surface area contributed by atoms with Crippen LogP contribution in [0.15, 0.2) is 48.7 Å². The van der Waals surface area contributed by atoms with Gasteiger partial charge in [-0.05, 0) is 80.8 Å². The second-order valence-corrected chi connectivity index (χ2v) is 7.41. The van der Waals surface area contributed by atoms with Crippen LogP contribution in [0.5, 0.6) is 5.75 Å². The standard InChI is InChI=1S/C22H30N2O/c1-17-7-5-10-21(13-17)25-22-11-6-8-19(14-22)18(2)15-23-16-20-9-3-4-12-24-20/h3-5,7,9-10,12-13,18-19,22-23H,6,8,11,14-16H2,1-2H3. The van der Waals surface area contributed by atoms with E-state index in [1.165, 1.54) is 31.2 Å². The molecule has 3 nitrogen and oxygen atoms in total. The van der Waals surface area contributed by atoms with Crippen molar-refractivity contribution in [1.29, 1.82) is 0 Å². The van der Waals surface area contributed by atoms with Gasteiger partial charge in [-0.25, -0.2) is 0 Å². The SMILES string of the molecule is Cc1cccc(OC2CCCC(C(C)CNCc3ccccn3)C2)c1. The van der Waals surface area contributed by atoms with Gasteiger partial charge in [0.05, 0.1) is 11.8 Å². The first-order chi connectivity index (χ1) is 12.2. The molecule has 1 aromatic heterocycles. The van der Waals surface area contributed by atoms with Gasteiger partial charge >= 0.3 is 0 Å². The molecule has 1 heterocycles. The Kier molecular flexibility index (Phi) is 6.46. The molecule has 1 fully saturated rings. The Morgan fingerprint density at radius 2 is 2.12 bits per heavy atom. The average molecular weight is 338 g/mol. The van der Waals surface area contributed by atoms with Gasteiger partial charge in [0.25, 0.3) is 0 Å². The summed E-state index contributed by atoms with van der Waals surface area (Å²) in [6.07, 6.45) is 7.15. The van der Waals surface area contributed by atoms with E-state index in [-0.39, 0.29) is 0 Å². The molecule has 3 rings (SSSR count). The molecule has 134 valence electrons. The first kappa shape index (κ1) is 17.9. The van der Waals surface area contributed by atoms with Gasteiger partial charge in [-0.1, -0.05) is 25.1 Å². The van der Waals surface area contributed by atoms with Crippen LogP contribution in [0.1, 0.15) is 43.9 Å². The van der Waals surface area contributed by atoms with Crippen molar-refractivity contribution in [3.05, 3.63) is 59.9 Å². The van der Waals surface area contributed by atoms with E-state index < -0.39 is 0 Å². The number of pyridine rings is 1. The summed E-state index contributed by atoms with van der Waals surface area (Å²) in [5.41, 5.74) is 2.37. The summed E-state index contributed by atoms with van der Waals surface area (Å²) in [7, 11) is 0. The van der Waals surface area contributed by atoms with Gasteiger partial charge in [0.2, 0.25) is 0 Å². The van der Waals surface area contributed by atoms with Crippen molar-refractivity contribution in [2.75, 3.05) is 6.54 Å². The molecular weight excluding hydrogens is 308 g/mol. The van der Waals surface area contributed by atoms with Crippen molar-refractivity contribution in [2.24, 2.45) is 11.8 Å². The third kappa shape index (κ3) is 5.57. The third-order valence-electron chi connectivity index (χ3n) is 5.26. The highest BCUT2D eigenvalue weighted by atomic mass is 16.5. The quantitative estimate of drug-likeness (QED) is 0.791. The van der Waals surface area contributed by atoms with E-state index in [9.17, 15) is 0 Å². The summed E-state index contributed by atoms with van der Waals surface area (Å²) in [5, 5.41) is 3.57. The Morgan fingerprint density at radius 1 is 1.20 bits per heavy atom. The van der Waals surface area contributed by atoms with E-state index in [2.05, 4.69) is 54.5 Å². The molecule has 1 aliphatic carbocycles. The maximum absolute atomic E-state index is 6.26. The molecule has 0 radical (unpaired) electrons. The lowest BCUT2D eigenvalue weighted by molar-refractivity contribution is 0.102. The fourth-order valence-corrected chi connectivity index (χ4v) is 3.78. The molecule has 0 bridgehead atoms. The number of ether oxygens (including phenoxy) is 1. The monoisotopic (exact) mass is 338 g/mol. The summed E-state index contributed by atoms with van der Waals surface area (Å²) in [6.45, 7) is 6.37. The lowest BCUT2D eigenvalue weighted by Gasteiger charge is -2.33. The van der Waals surface area contributed by atoms with Crippen LogP contribution in [0.4, 0.5) is 0 Å². The summed E-state index contributed by atoms with van der Waals surface area (Å²) < 4.78 is 6.26. The smallest absolute Gasteiger partial charge is 0.119 e. The zero-order valence-corrected chi connectivity index (χ0v) is 15.4. The van der Waals surface area contributed by atoms with Crippen LogP contribution < -0.4 is 10.1 Å². The maximum atomic E-state index is 6.26. The molecule has 0 spiro atoms. The molecular formula is C22H30N2O. The number of nitrogens with zero attached hydrogens (tertiary/aromatic N) is 1. The third-order valence-corrected chi connectivity index (χ3v) is 5.26. The van der Waals surface area contributed by atoms with Crippen molar-refractivity contribution in [3.8, 4) is 5.75 Å². The minimum absolute atomic E-state index is 0.360. The fourth-order valence-electron chi connectivity index (χ4n) is 3.78. The topological polar surface area (TPSA) is 34.1 Å². The molecule has 0 saturated heterocycles. The molecule has 25 heavy (non-hydrogen) atoms. The Bertz CT molecular complexity index is 643. The number of hydrogen-bond acceptors (Lipinski definition) is 3. The zero-order chi connectivity index (χ0) is 17.5. The largest absolute Gasteiger partial charge is 0.490 e. The van der Waals surface area contributed by atoms with Gasteiger partial charge in [0.15, 0.2) is 0 Å². The van der Waals surface area contributed by atoms with Crippen LogP contribution >= 0.6 is 0 Å². The first-order valence-electron chi connectivity index (χ1n) is 9.54. The van der Waals surface area contributed by atoms with Crippen LogP contribution in [0, 0.1) is 18.8 Å². The second-order valence-electron chi connectivity index (χ2n) is 7.41. The van der Waals surface area contributed by atoms with E-state index in [1.54, 1.807) is 0 Å². The van der Waals surface area contributed by atoms with Crippen molar-refractivity contribution in [3.63, 3.8) is 0 Å². The highest BCUT2D eigenvalue weighted by molar-refractivity contribution is 5.27. The summed E-state index contributed by atoms with van der Waals surface area (Å²) in [4.78, 5) is 4.37. The van der Waals surface area contributed by atoms with Crippen molar-refractivity contribution in [2.45, 2.75) is 52.2 Å². The van der Waals surface area contributed by atoms with Gasteiger partial charge in [0, 0.05) is 12.7 Å². The highest BCUT2D eigenvalue weighted by Gasteiger charge is 2.27. The van der Waals surface area contributed by atoms with Gasteiger partial charge in [0.1, 0.15) is 5.75 Å². The number of hydrogen-bond donors (Lipinski definition) is 1. The van der Waals surface area contributed by atoms with E-state index in [4.69, 9.17) is 4.74 Å². The van der Waals surface area contributed by atoms with Crippen LogP contribution in [-0.2, 0) is 6.54 Å². The van der Waals surface area contributed by atoms with E-state index in [0.717, 1.165) is 30.5 Å². The maximum Gasteiger partial charge on any atom is 0.119 e. The van der Waals surface area contributed by atoms with Crippen LogP contribution in [0.25, 0.3) is 0 Å². The minimum atomic E-state index is 0.360. The molecule has 3 heteroatoms. The number of aryl methyl sites for hydroxylation is 1. The predicted octanol–water partition coefficient (Wildman–Crippen LogP) is 4.75. The Balaban J connectivity index is 1.45. The fraction of sp³-hybridized carbons (Fsp3) is 0.500. The number of aromatic nitrogens is 1. The molecule has 1 aliphatic rings. The molecule has 0 aliphatic heterocycles. The minimum Gasteiger partial charge on any atom is -0.490 e. The van der Waals surface area contributed by atoms with Gasteiger partial charge in [-0.2, -0.15) is 0 Å². The van der Waals surface area contributed by atoms with Crippen molar-refractivity contribution >= 4 is 0 Å². The Morgan fingerprint density at radius 3 is 2.92 bits per heavy atom. The second kappa shape index (κ2) is 9.00. The van der Waals surface area contributed by atoms with Crippen LogP contribution in [-0.4, -0.2) is 17.6 Å². The first-order valence-corrected chi connectivity index (χ1v) is 9.54. The van der Waals surface area contributed by atoms with Crippen molar-refractivity contribution < 1.29 is 4.74 Å². The highest BCUT2D eigenvalue weighted by Crippen LogP contribution is 2.32. The van der Waals surface area contributed by atoms with E-state index >= 15 is 0 Å². The Labute approximate surface area is 151 Å². The van der Waals surface area contributed by atoms with Gasteiger partial charge in [-0.3, -0.25) is 4.98 Å². The normalized spacial score (nSPS) is 21.7. The van der Waals surface area contributed by atoms with Crippen molar-refractivity contribution in [1.82, 2.24) is 10.3 Å². The zero-order valence-electron chi connectivity index (χ0n) is 15.4. The van der Waals surface area contributed by atoms with Gasteiger partial charge < -0.3 is 10.1 Å². The van der Waals surface area contributed by atoms with Gasteiger partial charge in [-0.15, -0.1) is 0 Å². The molecule has 2 aromatic rings. The number of rotatable bonds is 7. The molecule has 3 atom stereocenters. The number of nitrogens with one attached hydrogen (secondary N) is 1. The predicted molar refractivity (Wildman–Crippen MR) is 103 cm³/mol. The molecule has 3 unspecified atom stereocenters. The molecule has 1 saturated carbocycles. The lowest BCUT2D eigenvalue weighted by atomic mass is 9.79. The summed E-state index contributed by atoms with van der Waals surface area (Å²) in [5.74, 6) is 2.42. The lowest BCUT2D eigenvalue weighted by Crippen LogP contribution is -2.33.